The van der Waals surface area contributed by atoms with Crippen molar-refractivity contribution >= 4 is 23.6 Å². The van der Waals surface area contributed by atoms with Crippen LogP contribution in [-0.2, 0) is 4.74 Å². The lowest BCUT2D eigenvalue weighted by atomic mass is 9.94. The Labute approximate surface area is 181 Å². The molecule has 3 rings (SSSR count). The van der Waals surface area contributed by atoms with Crippen LogP contribution in [0.15, 0.2) is 18.2 Å². The van der Waals surface area contributed by atoms with Crippen molar-refractivity contribution in [3.8, 4) is 6.07 Å². The third-order valence-electron chi connectivity index (χ3n) is 5.73. The molecule has 31 heavy (non-hydrogen) atoms. The molecule has 168 valence electrons. The Morgan fingerprint density at radius 2 is 2.10 bits per heavy atom. The second-order valence-corrected chi connectivity index (χ2v) is 8.63. The van der Waals surface area contributed by atoms with Crippen LogP contribution in [-0.4, -0.2) is 61.0 Å². The van der Waals surface area contributed by atoms with E-state index in [1.807, 2.05) is 18.7 Å². The lowest BCUT2D eigenvalue weighted by Crippen LogP contribution is -2.40. The first-order valence-corrected chi connectivity index (χ1v) is 10.7. The van der Waals surface area contributed by atoms with E-state index >= 15 is 0 Å². The number of hydrogen-bond acceptors (Lipinski definition) is 5. The van der Waals surface area contributed by atoms with Gasteiger partial charge in [0, 0.05) is 26.1 Å². The third kappa shape index (κ3) is 5.57. The van der Waals surface area contributed by atoms with E-state index in [1.165, 1.54) is 15.9 Å². The smallest absolute Gasteiger partial charge is 0.414 e. The van der Waals surface area contributed by atoms with E-state index in [0.717, 1.165) is 12.8 Å². The first kappa shape index (κ1) is 22.7. The molecule has 2 amide bonds. The number of benzene rings is 1. The van der Waals surface area contributed by atoms with E-state index in [-0.39, 0.29) is 19.0 Å². The number of piperidine rings is 1. The van der Waals surface area contributed by atoms with Crippen LogP contribution in [0, 0.1) is 29.0 Å². The van der Waals surface area contributed by atoms with Crippen molar-refractivity contribution in [2.24, 2.45) is 11.8 Å². The lowest BCUT2D eigenvalue weighted by molar-refractivity contribution is 0.0924. The molecule has 0 unspecified atom stereocenters. The van der Waals surface area contributed by atoms with Gasteiger partial charge >= 0.3 is 12.2 Å². The average Bonchev–Trinajstić information content (AvgIpc) is 3.08. The molecule has 9 heteroatoms. The first-order chi connectivity index (χ1) is 14.8. The molecule has 2 heterocycles. The zero-order valence-electron chi connectivity index (χ0n) is 18.0. The van der Waals surface area contributed by atoms with Crippen LogP contribution in [0.3, 0.4) is 0 Å². The van der Waals surface area contributed by atoms with Crippen molar-refractivity contribution in [3.05, 3.63) is 24.0 Å². The van der Waals surface area contributed by atoms with Gasteiger partial charge in [-0.2, -0.15) is 5.26 Å². The molecular formula is C22H29FN4O4. The molecule has 1 aromatic carbocycles. The van der Waals surface area contributed by atoms with Gasteiger partial charge in [-0.1, -0.05) is 13.8 Å². The number of nitrogens with zero attached hydrogens (tertiary/aromatic N) is 4. The molecule has 0 spiro atoms. The van der Waals surface area contributed by atoms with E-state index in [2.05, 4.69) is 6.07 Å². The van der Waals surface area contributed by atoms with Crippen LogP contribution in [0.2, 0.25) is 0 Å². The van der Waals surface area contributed by atoms with Crippen LogP contribution in [0.1, 0.15) is 33.1 Å². The number of amides is 2. The molecule has 2 aliphatic rings. The van der Waals surface area contributed by atoms with Crippen molar-refractivity contribution in [2.45, 2.75) is 39.2 Å². The first-order valence-electron chi connectivity index (χ1n) is 10.7. The van der Waals surface area contributed by atoms with Gasteiger partial charge in [-0.05, 0) is 42.9 Å². The highest BCUT2D eigenvalue weighted by atomic mass is 19.1. The van der Waals surface area contributed by atoms with Gasteiger partial charge in [-0.25, -0.2) is 14.0 Å². The summed E-state index contributed by atoms with van der Waals surface area (Å²) in [5, 5.41) is 18.2. The van der Waals surface area contributed by atoms with Crippen molar-refractivity contribution in [2.75, 3.05) is 42.5 Å². The lowest BCUT2D eigenvalue weighted by Gasteiger charge is -2.33. The molecule has 1 atom stereocenters. The Hall–Kier alpha value is -3.02. The number of anilines is 2. The predicted molar refractivity (Wildman–Crippen MR) is 114 cm³/mol. The normalized spacial score (nSPS) is 19.5. The zero-order valence-corrected chi connectivity index (χ0v) is 18.0. The molecule has 0 aromatic heterocycles. The number of carboxylic acid groups (broad SMARTS) is 1. The summed E-state index contributed by atoms with van der Waals surface area (Å²) in [6, 6.07) is 6.87. The van der Waals surface area contributed by atoms with E-state index in [9.17, 15) is 19.1 Å². The SMILES string of the molecule is CC(C)CN(C[C@H]1CN(c2ccc(N3CCC(CC#N)CC3)c(F)c2)C(=O)O1)C(=O)O. The quantitative estimate of drug-likeness (QED) is 0.701. The van der Waals surface area contributed by atoms with E-state index < -0.39 is 24.1 Å². The minimum absolute atomic E-state index is 0.0773. The Morgan fingerprint density at radius 3 is 2.68 bits per heavy atom. The molecule has 0 radical (unpaired) electrons. The van der Waals surface area contributed by atoms with Crippen LogP contribution >= 0.6 is 0 Å². The number of halogens is 1. The molecule has 8 nitrogen and oxygen atoms in total. The summed E-state index contributed by atoms with van der Waals surface area (Å²) in [6.07, 6.45) is -0.0357. The number of hydrogen-bond donors (Lipinski definition) is 1. The highest BCUT2D eigenvalue weighted by Crippen LogP contribution is 2.31. The fourth-order valence-electron chi connectivity index (χ4n) is 4.17. The Bertz CT molecular complexity index is 848. The van der Waals surface area contributed by atoms with Gasteiger partial charge in [-0.15, -0.1) is 0 Å². The molecule has 1 aromatic rings. The molecule has 1 N–H and O–H groups in total. The van der Waals surface area contributed by atoms with Gasteiger partial charge in [0.25, 0.3) is 0 Å². The minimum atomic E-state index is -1.06. The number of carbonyl (C=O) groups is 2. The monoisotopic (exact) mass is 432 g/mol. The van der Waals surface area contributed by atoms with Crippen molar-refractivity contribution in [1.82, 2.24) is 4.90 Å². The Morgan fingerprint density at radius 1 is 1.39 bits per heavy atom. The van der Waals surface area contributed by atoms with Gasteiger partial charge in [0.05, 0.1) is 30.5 Å². The Balaban J connectivity index is 1.64. The maximum Gasteiger partial charge on any atom is 0.414 e. The number of cyclic esters (lactones) is 1. The second-order valence-electron chi connectivity index (χ2n) is 8.63. The van der Waals surface area contributed by atoms with Crippen molar-refractivity contribution < 1.29 is 23.8 Å². The summed E-state index contributed by atoms with van der Waals surface area (Å²) in [4.78, 5) is 28.3. The summed E-state index contributed by atoms with van der Waals surface area (Å²) >= 11 is 0. The number of rotatable bonds is 7. The molecule has 0 aliphatic carbocycles. The molecule has 2 aliphatic heterocycles. The average molecular weight is 432 g/mol. The minimum Gasteiger partial charge on any atom is -0.465 e. The van der Waals surface area contributed by atoms with Gasteiger partial charge in [-0.3, -0.25) is 4.90 Å². The highest BCUT2D eigenvalue weighted by molar-refractivity contribution is 5.90. The largest absolute Gasteiger partial charge is 0.465 e. The number of carbonyl (C=O) groups excluding carboxylic acids is 1. The van der Waals surface area contributed by atoms with E-state index in [1.54, 1.807) is 12.1 Å². The molecule has 0 bridgehead atoms. The number of nitriles is 1. The third-order valence-corrected chi connectivity index (χ3v) is 5.73. The van der Waals surface area contributed by atoms with Crippen molar-refractivity contribution in [3.63, 3.8) is 0 Å². The molecule has 2 saturated heterocycles. The van der Waals surface area contributed by atoms with Gasteiger partial charge in [0.15, 0.2) is 0 Å². The number of ether oxygens (including phenoxy) is 1. The van der Waals surface area contributed by atoms with E-state index in [4.69, 9.17) is 10.00 Å². The fourth-order valence-corrected chi connectivity index (χ4v) is 4.17. The summed E-state index contributed by atoms with van der Waals surface area (Å²) in [6.45, 7) is 5.80. The van der Waals surface area contributed by atoms with Crippen LogP contribution < -0.4 is 9.80 Å². The summed E-state index contributed by atoms with van der Waals surface area (Å²) in [7, 11) is 0. The van der Waals surface area contributed by atoms with Crippen LogP contribution in [0.25, 0.3) is 0 Å². The second kappa shape index (κ2) is 9.86. The fraction of sp³-hybridized carbons (Fsp3) is 0.591. The predicted octanol–water partition coefficient (Wildman–Crippen LogP) is 3.92. The van der Waals surface area contributed by atoms with Gasteiger partial charge < -0.3 is 19.6 Å². The summed E-state index contributed by atoms with van der Waals surface area (Å²) in [5.41, 5.74) is 0.871. The van der Waals surface area contributed by atoms with Crippen LogP contribution in [0.4, 0.5) is 25.4 Å². The molecule has 0 saturated carbocycles. The molecule has 2 fully saturated rings. The summed E-state index contributed by atoms with van der Waals surface area (Å²) in [5.74, 6) is 0.0938. The Kier molecular flexibility index (Phi) is 7.21. The molecular weight excluding hydrogens is 403 g/mol. The maximum atomic E-state index is 14.9. The zero-order chi connectivity index (χ0) is 22.5. The van der Waals surface area contributed by atoms with Crippen molar-refractivity contribution in [1.29, 1.82) is 5.26 Å². The summed E-state index contributed by atoms with van der Waals surface area (Å²) < 4.78 is 20.2. The topological polar surface area (TPSA) is 97.1 Å². The van der Waals surface area contributed by atoms with Gasteiger partial charge in [0.1, 0.15) is 11.9 Å². The highest BCUT2D eigenvalue weighted by Gasteiger charge is 2.35. The van der Waals surface area contributed by atoms with E-state index in [0.29, 0.717) is 43.3 Å². The van der Waals surface area contributed by atoms with Gasteiger partial charge in [0.2, 0.25) is 0 Å². The standard InChI is InChI=1S/C22H29FN4O4/c1-15(2)12-26(21(28)29)13-18-14-27(22(30)31-18)17-3-4-20(19(23)11-17)25-9-6-16(5-8-24)7-10-25/h3-4,11,15-16,18H,5-7,9-10,12-14H2,1-2H3,(H,28,29)/t18-/m0/s1. The maximum absolute atomic E-state index is 14.9. The van der Waals surface area contributed by atoms with Crippen LogP contribution in [0.5, 0.6) is 0 Å².